The largest absolute Gasteiger partial charge is 0.508 e. The number of carbonyl (C=O) groups excluding carboxylic acids is 1. The normalized spacial score (nSPS) is 12.4. The van der Waals surface area contributed by atoms with Crippen molar-refractivity contribution in [2.24, 2.45) is 5.92 Å². The van der Waals surface area contributed by atoms with E-state index in [0.717, 1.165) is 18.2 Å². The van der Waals surface area contributed by atoms with Gasteiger partial charge in [-0.05, 0) is 66.6 Å². The lowest BCUT2D eigenvalue weighted by Gasteiger charge is -2.27. The van der Waals surface area contributed by atoms with Crippen molar-refractivity contribution in [2.75, 3.05) is 11.5 Å². The molecule has 3 rings (SSSR count). The number of amides is 1. The number of carbonyl (C=O) groups is 1. The number of para-hydroxylation sites is 1. The minimum absolute atomic E-state index is 0.0127. The Morgan fingerprint density at radius 1 is 0.968 bits per heavy atom. The summed E-state index contributed by atoms with van der Waals surface area (Å²) in [6, 6.07) is 17.4. The van der Waals surface area contributed by atoms with Crippen LogP contribution in [-0.2, 0) is 17.4 Å². The number of anilines is 2. The van der Waals surface area contributed by atoms with E-state index in [9.17, 15) is 28.2 Å². The SMILES string of the molecule is O=C(C(CO)Cc1cc(C(F)(F)F)ccc1Cl)N(c1ccccc1)c1ccc(O)cc1. The van der Waals surface area contributed by atoms with Crippen LogP contribution in [-0.4, -0.2) is 22.7 Å². The van der Waals surface area contributed by atoms with Crippen LogP contribution in [0.15, 0.2) is 72.8 Å². The quantitative estimate of drug-likeness (QED) is 0.516. The van der Waals surface area contributed by atoms with Gasteiger partial charge in [0.05, 0.1) is 18.1 Å². The average molecular weight is 450 g/mol. The number of aromatic hydroxyl groups is 1. The van der Waals surface area contributed by atoms with E-state index in [0.29, 0.717) is 11.4 Å². The summed E-state index contributed by atoms with van der Waals surface area (Å²) in [5, 5.41) is 19.6. The molecule has 3 aromatic rings. The fourth-order valence-corrected chi connectivity index (χ4v) is 3.36. The lowest BCUT2D eigenvalue weighted by Crippen LogP contribution is -2.35. The standard InChI is InChI=1S/C23H19ClF3NO3/c24-21-11-6-17(23(25,26)27)13-15(21)12-16(14-29)22(31)28(18-4-2-1-3-5-18)19-7-9-20(30)10-8-19/h1-11,13,16,29-30H,12,14H2. The summed E-state index contributed by atoms with van der Waals surface area (Å²) in [6.07, 6.45) is -4.74. The molecule has 4 nitrogen and oxygen atoms in total. The number of hydrogen-bond acceptors (Lipinski definition) is 3. The molecule has 31 heavy (non-hydrogen) atoms. The Morgan fingerprint density at radius 3 is 2.16 bits per heavy atom. The van der Waals surface area contributed by atoms with Crippen LogP contribution in [0.3, 0.4) is 0 Å². The van der Waals surface area contributed by atoms with Gasteiger partial charge in [-0.2, -0.15) is 13.2 Å². The Hall–Kier alpha value is -3.03. The zero-order chi connectivity index (χ0) is 22.6. The van der Waals surface area contributed by atoms with Crippen molar-refractivity contribution in [3.8, 4) is 5.75 Å². The van der Waals surface area contributed by atoms with E-state index in [1.165, 1.54) is 29.2 Å². The van der Waals surface area contributed by atoms with Crippen LogP contribution in [0, 0.1) is 5.92 Å². The summed E-state index contributed by atoms with van der Waals surface area (Å²) in [7, 11) is 0. The second-order valence-corrected chi connectivity index (χ2v) is 7.32. The highest BCUT2D eigenvalue weighted by Crippen LogP contribution is 2.34. The smallest absolute Gasteiger partial charge is 0.416 e. The molecule has 0 spiro atoms. The fraction of sp³-hybridized carbons (Fsp3) is 0.174. The van der Waals surface area contributed by atoms with Crippen LogP contribution in [0.25, 0.3) is 0 Å². The van der Waals surface area contributed by atoms with Gasteiger partial charge in [0.1, 0.15) is 5.75 Å². The first-order valence-electron chi connectivity index (χ1n) is 9.35. The van der Waals surface area contributed by atoms with Crippen LogP contribution in [0.1, 0.15) is 11.1 Å². The molecule has 2 N–H and O–H groups in total. The molecule has 0 radical (unpaired) electrons. The van der Waals surface area contributed by atoms with E-state index >= 15 is 0 Å². The Bertz CT molecular complexity index is 1040. The van der Waals surface area contributed by atoms with Gasteiger partial charge in [-0.15, -0.1) is 0 Å². The molecule has 8 heteroatoms. The Morgan fingerprint density at radius 2 is 1.58 bits per heavy atom. The van der Waals surface area contributed by atoms with Gasteiger partial charge in [-0.3, -0.25) is 9.69 Å². The molecule has 0 fully saturated rings. The second kappa shape index (κ2) is 9.41. The third-order valence-corrected chi connectivity index (χ3v) is 5.12. The van der Waals surface area contributed by atoms with Crippen molar-refractivity contribution >= 4 is 28.9 Å². The topological polar surface area (TPSA) is 60.8 Å². The van der Waals surface area contributed by atoms with Gasteiger partial charge in [0.25, 0.3) is 0 Å². The number of phenolic OH excluding ortho intramolecular Hbond substituents is 1. The molecule has 1 unspecified atom stereocenters. The highest BCUT2D eigenvalue weighted by Gasteiger charge is 2.32. The molecule has 0 heterocycles. The third kappa shape index (κ3) is 5.37. The zero-order valence-corrected chi connectivity index (χ0v) is 16.9. The van der Waals surface area contributed by atoms with Gasteiger partial charge in [-0.25, -0.2) is 0 Å². The maximum atomic E-state index is 13.4. The van der Waals surface area contributed by atoms with Gasteiger partial charge < -0.3 is 10.2 Å². The van der Waals surface area contributed by atoms with Crippen molar-refractivity contribution in [1.29, 1.82) is 0 Å². The molecule has 0 saturated carbocycles. The van der Waals surface area contributed by atoms with Crippen molar-refractivity contribution < 1.29 is 28.2 Å². The summed E-state index contributed by atoms with van der Waals surface area (Å²) in [6.45, 7) is -0.590. The number of alkyl halides is 3. The fourth-order valence-electron chi connectivity index (χ4n) is 3.17. The van der Waals surface area contributed by atoms with Gasteiger partial charge in [0.2, 0.25) is 5.91 Å². The molecular formula is C23H19ClF3NO3. The summed E-state index contributed by atoms with van der Waals surface area (Å²) in [5.41, 5.74) is 0.173. The molecule has 1 amide bonds. The van der Waals surface area contributed by atoms with Gasteiger partial charge in [0.15, 0.2) is 0 Å². The lowest BCUT2D eigenvalue weighted by atomic mass is 9.96. The maximum absolute atomic E-state index is 13.4. The van der Waals surface area contributed by atoms with E-state index in [1.807, 2.05) is 0 Å². The molecule has 0 aromatic heterocycles. The predicted octanol–water partition coefficient (Wildman–Crippen LogP) is 5.58. The Kier molecular flexibility index (Phi) is 6.87. The number of rotatable bonds is 6. The first-order chi connectivity index (χ1) is 14.7. The number of phenols is 1. The van der Waals surface area contributed by atoms with E-state index in [1.54, 1.807) is 30.3 Å². The molecule has 0 saturated heterocycles. The Labute approximate surface area is 182 Å². The number of aliphatic hydroxyl groups is 1. The summed E-state index contributed by atoms with van der Waals surface area (Å²) < 4.78 is 39.3. The van der Waals surface area contributed by atoms with Gasteiger partial charge >= 0.3 is 6.18 Å². The van der Waals surface area contributed by atoms with Crippen molar-refractivity contribution in [3.63, 3.8) is 0 Å². The molecule has 0 aliphatic heterocycles. The molecular weight excluding hydrogens is 431 g/mol. The van der Waals surface area contributed by atoms with Crippen LogP contribution in [0.2, 0.25) is 5.02 Å². The number of benzene rings is 3. The van der Waals surface area contributed by atoms with Gasteiger partial charge in [0, 0.05) is 16.4 Å². The molecule has 162 valence electrons. The minimum atomic E-state index is -4.56. The first kappa shape index (κ1) is 22.7. The van der Waals surface area contributed by atoms with Crippen molar-refractivity contribution in [3.05, 3.63) is 88.9 Å². The zero-order valence-electron chi connectivity index (χ0n) is 16.2. The van der Waals surface area contributed by atoms with E-state index < -0.39 is 30.2 Å². The lowest BCUT2D eigenvalue weighted by molar-refractivity contribution is -0.137. The second-order valence-electron chi connectivity index (χ2n) is 6.91. The highest BCUT2D eigenvalue weighted by atomic mass is 35.5. The van der Waals surface area contributed by atoms with Crippen LogP contribution < -0.4 is 4.90 Å². The number of aliphatic hydroxyl groups excluding tert-OH is 1. The predicted molar refractivity (Wildman–Crippen MR) is 112 cm³/mol. The summed E-state index contributed by atoms with van der Waals surface area (Å²) >= 11 is 6.08. The van der Waals surface area contributed by atoms with Gasteiger partial charge in [-0.1, -0.05) is 29.8 Å². The average Bonchev–Trinajstić information content (AvgIpc) is 2.74. The first-order valence-corrected chi connectivity index (χ1v) is 9.73. The van der Waals surface area contributed by atoms with E-state index in [2.05, 4.69) is 0 Å². The minimum Gasteiger partial charge on any atom is -0.508 e. The molecule has 0 aliphatic rings. The molecule has 3 aromatic carbocycles. The van der Waals surface area contributed by atoms with Crippen molar-refractivity contribution in [1.82, 2.24) is 0 Å². The number of halogens is 4. The molecule has 0 aliphatic carbocycles. The molecule has 1 atom stereocenters. The monoisotopic (exact) mass is 449 g/mol. The number of hydrogen-bond donors (Lipinski definition) is 2. The van der Waals surface area contributed by atoms with Crippen molar-refractivity contribution in [2.45, 2.75) is 12.6 Å². The van der Waals surface area contributed by atoms with E-state index in [-0.39, 0.29) is 22.8 Å². The van der Waals surface area contributed by atoms with Crippen LogP contribution >= 0.6 is 11.6 Å². The summed E-state index contributed by atoms with van der Waals surface area (Å²) in [4.78, 5) is 14.7. The van der Waals surface area contributed by atoms with Crippen LogP contribution in [0.5, 0.6) is 5.75 Å². The maximum Gasteiger partial charge on any atom is 0.416 e. The van der Waals surface area contributed by atoms with E-state index in [4.69, 9.17) is 11.6 Å². The summed E-state index contributed by atoms with van der Waals surface area (Å²) in [5.74, 6) is -1.55. The molecule has 0 bridgehead atoms. The number of nitrogens with zero attached hydrogens (tertiary/aromatic N) is 1. The Balaban J connectivity index is 1.97. The third-order valence-electron chi connectivity index (χ3n) is 4.75. The highest BCUT2D eigenvalue weighted by molar-refractivity contribution is 6.31. The van der Waals surface area contributed by atoms with Crippen LogP contribution in [0.4, 0.5) is 24.5 Å².